The molecule has 0 saturated heterocycles. The molecule has 0 spiro atoms. The number of benzene rings is 1. The van der Waals surface area contributed by atoms with Crippen molar-refractivity contribution in [1.29, 1.82) is 0 Å². The maximum atomic E-state index is 12.3. The van der Waals surface area contributed by atoms with Crippen LogP contribution in [0.1, 0.15) is 29.6 Å². The van der Waals surface area contributed by atoms with Crippen LogP contribution in [0.15, 0.2) is 18.2 Å². The van der Waals surface area contributed by atoms with Crippen LogP contribution in [0.25, 0.3) is 0 Å². The summed E-state index contributed by atoms with van der Waals surface area (Å²) in [7, 11) is 1.53. The van der Waals surface area contributed by atoms with Crippen LogP contribution in [0.5, 0.6) is 5.75 Å². The average molecular weight is 280 g/mol. The van der Waals surface area contributed by atoms with E-state index in [9.17, 15) is 4.79 Å². The van der Waals surface area contributed by atoms with Gasteiger partial charge in [0.1, 0.15) is 0 Å². The molecule has 19 heavy (non-hydrogen) atoms. The second-order valence-electron chi connectivity index (χ2n) is 4.71. The highest BCUT2D eigenvalue weighted by Crippen LogP contribution is 2.30. The Kier molecular flexibility index (Phi) is 4.58. The largest absolute Gasteiger partial charge is 0.494 e. The molecule has 2 unspecified atom stereocenters. The standard InChI is InChI=1S/C14H20N2O2S/c1-18-13-9(5-3-6-10(13)15)14(17)16-11-7-4-8-12(11)19-2/h3,5-6,11-12H,4,7-8,15H2,1-2H3,(H,16,17). The summed E-state index contributed by atoms with van der Waals surface area (Å²) in [5.41, 5.74) is 6.82. The molecule has 1 saturated carbocycles. The molecule has 0 aliphatic heterocycles. The summed E-state index contributed by atoms with van der Waals surface area (Å²) in [5, 5.41) is 3.61. The summed E-state index contributed by atoms with van der Waals surface area (Å²) < 4.78 is 5.22. The van der Waals surface area contributed by atoms with Crippen LogP contribution in [0.3, 0.4) is 0 Å². The minimum atomic E-state index is -0.102. The van der Waals surface area contributed by atoms with Gasteiger partial charge in [0.15, 0.2) is 5.75 Å². The molecule has 0 heterocycles. The van der Waals surface area contributed by atoms with Crippen molar-refractivity contribution in [2.75, 3.05) is 19.1 Å². The third-order valence-corrected chi connectivity index (χ3v) is 4.74. The Bertz CT molecular complexity index is 465. The summed E-state index contributed by atoms with van der Waals surface area (Å²) in [4.78, 5) is 12.3. The highest BCUT2D eigenvalue weighted by molar-refractivity contribution is 7.99. The Morgan fingerprint density at radius 1 is 1.47 bits per heavy atom. The van der Waals surface area contributed by atoms with Gasteiger partial charge in [-0.3, -0.25) is 4.79 Å². The molecule has 0 bridgehead atoms. The number of nitrogens with one attached hydrogen (secondary N) is 1. The highest BCUT2D eigenvalue weighted by atomic mass is 32.2. The van der Waals surface area contributed by atoms with Gasteiger partial charge in [-0.15, -0.1) is 0 Å². The molecule has 2 atom stereocenters. The van der Waals surface area contributed by atoms with Gasteiger partial charge in [-0.25, -0.2) is 0 Å². The molecule has 2 rings (SSSR count). The second kappa shape index (κ2) is 6.19. The van der Waals surface area contributed by atoms with E-state index in [1.807, 2.05) is 11.8 Å². The van der Waals surface area contributed by atoms with Crippen molar-refractivity contribution in [2.24, 2.45) is 0 Å². The Morgan fingerprint density at radius 3 is 2.95 bits per heavy atom. The number of anilines is 1. The normalized spacial score (nSPS) is 22.2. The predicted octanol–water partition coefficient (Wildman–Crippen LogP) is 2.29. The van der Waals surface area contributed by atoms with E-state index in [0.717, 1.165) is 6.42 Å². The van der Waals surface area contributed by atoms with E-state index in [4.69, 9.17) is 10.5 Å². The number of thioether (sulfide) groups is 1. The van der Waals surface area contributed by atoms with Gasteiger partial charge in [-0.05, 0) is 31.2 Å². The number of para-hydroxylation sites is 1. The molecule has 0 radical (unpaired) electrons. The highest BCUT2D eigenvalue weighted by Gasteiger charge is 2.28. The fourth-order valence-electron chi connectivity index (χ4n) is 2.58. The van der Waals surface area contributed by atoms with E-state index in [0.29, 0.717) is 22.3 Å². The molecule has 4 nitrogen and oxygen atoms in total. The molecule has 1 amide bonds. The van der Waals surface area contributed by atoms with Gasteiger partial charge in [0.2, 0.25) is 0 Å². The van der Waals surface area contributed by atoms with Crippen LogP contribution < -0.4 is 15.8 Å². The van der Waals surface area contributed by atoms with Gasteiger partial charge < -0.3 is 15.8 Å². The van der Waals surface area contributed by atoms with Crippen molar-refractivity contribution in [3.8, 4) is 5.75 Å². The van der Waals surface area contributed by atoms with E-state index < -0.39 is 0 Å². The molecule has 1 aromatic carbocycles. The zero-order valence-electron chi connectivity index (χ0n) is 11.3. The summed E-state index contributed by atoms with van der Waals surface area (Å²) in [6, 6.07) is 5.49. The smallest absolute Gasteiger partial charge is 0.255 e. The number of methoxy groups -OCH3 is 1. The van der Waals surface area contributed by atoms with Crippen molar-refractivity contribution in [2.45, 2.75) is 30.6 Å². The number of hydrogen-bond donors (Lipinski definition) is 2. The van der Waals surface area contributed by atoms with Crippen LogP contribution in [-0.4, -0.2) is 30.6 Å². The zero-order valence-corrected chi connectivity index (χ0v) is 12.1. The third-order valence-electron chi connectivity index (χ3n) is 3.57. The first-order chi connectivity index (χ1) is 9.17. The quantitative estimate of drug-likeness (QED) is 0.831. The van der Waals surface area contributed by atoms with Crippen molar-refractivity contribution in [3.05, 3.63) is 23.8 Å². The molecule has 104 valence electrons. The maximum Gasteiger partial charge on any atom is 0.255 e. The zero-order chi connectivity index (χ0) is 13.8. The fraction of sp³-hybridized carbons (Fsp3) is 0.500. The Morgan fingerprint density at radius 2 is 2.26 bits per heavy atom. The van der Waals surface area contributed by atoms with Gasteiger partial charge in [0.25, 0.3) is 5.91 Å². The molecule has 1 aliphatic carbocycles. The fourth-order valence-corrected chi connectivity index (χ4v) is 3.52. The number of carbonyl (C=O) groups excluding carboxylic acids is 1. The van der Waals surface area contributed by atoms with Crippen LogP contribution in [0.4, 0.5) is 5.69 Å². The van der Waals surface area contributed by atoms with Crippen LogP contribution in [0.2, 0.25) is 0 Å². The minimum absolute atomic E-state index is 0.102. The maximum absolute atomic E-state index is 12.3. The first-order valence-corrected chi connectivity index (χ1v) is 7.72. The van der Waals surface area contributed by atoms with Crippen molar-refractivity contribution < 1.29 is 9.53 Å². The SMILES string of the molecule is COc1c(N)cccc1C(=O)NC1CCCC1SC. The second-order valence-corrected chi connectivity index (χ2v) is 5.79. The monoisotopic (exact) mass is 280 g/mol. The van der Waals surface area contributed by atoms with Crippen molar-refractivity contribution in [1.82, 2.24) is 5.32 Å². The van der Waals surface area contributed by atoms with Crippen LogP contribution in [0, 0.1) is 0 Å². The first kappa shape index (κ1) is 14.1. The topological polar surface area (TPSA) is 64.3 Å². The lowest BCUT2D eigenvalue weighted by atomic mass is 10.1. The van der Waals surface area contributed by atoms with Crippen LogP contribution >= 0.6 is 11.8 Å². The molecule has 1 aliphatic rings. The van der Waals surface area contributed by atoms with E-state index in [1.165, 1.54) is 20.0 Å². The Balaban J connectivity index is 2.14. The molecule has 0 aromatic heterocycles. The Hall–Kier alpha value is -1.36. The number of hydrogen-bond acceptors (Lipinski definition) is 4. The summed E-state index contributed by atoms with van der Waals surface area (Å²) in [5.74, 6) is 0.355. The molecule has 3 N–H and O–H groups in total. The summed E-state index contributed by atoms with van der Waals surface area (Å²) in [6.45, 7) is 0. The molecule has 1 fully saturated rings. The lowest BCUT2D eigenvalue weighted by molar-refractivity contribution is 0.0935. The van der Waals surface area contributed by atoms with Crippen molar-refractivity contribution in [3.63, 3.8) is 0 Å². The molecule has 1 aromatic rings. The van der Waals surface area contributed by atoms with Gasteiger partial charge in [0.05, 0.1) is 18.4 Å². The number of amides is 1. The number of carbonyl (C=O) groups is 1. The van der Waals surface area contributed by atoms with E-state index in [2.05, 4.69) is 11.6 Å². The lowest BCUT2D eigenvalue weighted by Gasteiger charge is -2.20. The molecular weight excluding hydrogens is 260 g/mol. The van der Waals surface area contributed by atoms with Gasteiger partial charge in [-0.2, -0.15) is 11.8 Å². The van der Waals surface area contributed by atoms with Gasteiger partial charge in [0, 0.05) is 11.3 Å². The third kappa shape index (κ3) is 2.97. The van der Waals surface area contributed by atoms with Gasteiger partial charge >= 0.3 is 0 Å². The Labute approximate surface area is 118 Å². The lowest BCUT2D eigenvalue weighted by Crippen LogP contribution is -2.38. The van der Waals surface area contributed by atoms with Crippen molar-refractivity contribution >= 4 is 23.4 Å². The van der Waals surface area contributed by atoms with Gasteiger partial charge in [-0.1, -0.05) is 12.5 Å². The van der Waals surface area contributed by atoms with E-state index >= 15 is 0 Å². The summed E-state index contributed by atoms with van der Waals surface area (Å²) in [6.07, 6.45) is 5.48. The number of nitrogens with two attached hydrogens (primary N) is 1. The molecule has 5 heteroatoms. The number of rotatable bonds is 4. The number of ether oxygens (including phenoxy) is 1. The van der Waals surface area contributed by atoms with E-state index in [-0.39, 0.29) is 11.9 Å². The molecular formula is C14H20N2O2S. The van der Waals surface area contributed by atoms with E-state index in [1.54, 1.807) is 18.2 Å². The minimum Gasteiger partial charge on any atom is -0.494 e. The first-order valence-electron chi connectivity index (χ1n) is 6.43. The van der Waals surface area contributed by atoms with Crippen LogP contribution in [-0.2, 0) is 0 Å². The number of nitrogen functional groups attached to an aromatic ring is 1. The average Bonchev–Trinajstić information content (AvgIpc) is 2.85. The predicted molar refractivity (Wildman–Crippen MR) is 79.8 cm³/mol. The summed E-state index contributed by atoms with van der Waals surface area (Å²) >= 11 is 1.82.